The second-order valence-electron chi connectivity index (χ2n) is 5.68. The van der Waals surface area contributed by atoms with Crippen molar-refractivity contribution in [3.8, 4) is 0 Å². The zero-order valence-electron chi connectivity index (χ0n) is 13.9. The maximum atomic E-state index is 12.6. The number of halogens is 2. The van der Waals surface area contributed by atoms with Crippen molar-refractivity contribution in [2.45, 2.75) is 25.6 Å². The lowest BCUT2D eigenvalue weighted by Crippen LogP contribution is -2.32. The van der Waals surface area contributed by atoms with Crippen LogP contribution in [0, 0.1) is 0 Å². The van der Waals surface area contributed by atoms with Crippen LogP contribution in [0.15, 0.2) is 18.5 Å². The number of hydrogen-bond donors (Lipinski definition) is 1. The molecule has 9 nitrogen and oxygen atoms in total. The van der Waals surface area contributed by atoms with E-state index in [0.717, 1.165) is 4.90 Å². The maximum Gasteiger partial charge on any atom is 0.325 e. The first-order valence-corrected chi connectivity index (χ1v) is 8.53. The third-order valence-corrected chi connectivity index (χ3v) is 4.36. The van der Waals surface area contributed by atoms with Crippen molar-refractivity contribution in [2.24, 2.45) is 0 Å². The molecule has 1 aliphatic heterocycles. The molecule has 1 atom stereocenters. The van der Waals surface area contributed by atoms with Gasteiger partial charge < -0.3 is 10.1 Å². The molecule has 0 aromatic carbocycles. The first-order valence-electron chi connectivity index (χ1n) is 7.77. The van der Waals surface area contributed by atoms with Crippen LogP contribution in [-0.2, 0) is 29.0 Å². The van der Waals surface area contributed by atoms with Crippen molar-refractivity contribution in [1.29, 1.82) is 0 Å². The summed E-state index contributed by atoms with van der Waals surface area (Å²) >= 11 is 11.9. The number of nitrogens with zero attached hydrogens (tertiary/aromatic N) is 5. The van der Waals surface area contributed by atoms with Crippen LogP contribution in [0.5, 0.6) is 0 Å². The molecule has 11 heteroatoms. The van der Waals surface area contributed by atoms with Crippen molar-refractivity contribution in [1.82, 2.24) is 30.2 Å². The van der Waals surface area contributed by atoms with Crippen molar-refractivity contribution in [2.75, 3.05) is 13.7 Å². The normalized spacial score (nSPS) is 17.0. The molecule has 0 bridgehead atoms. The summed E-state index contributed by atoms with van der Waals surface area (Å²) in [5, 5.41) is 11.3. The first kappa shape index (κ1) is 18.6. The molecule has 0 unspecified atom stereocenters. The third kappa shape index (κ3) is 4.12. The molecule has 1 saturated heterocycles. The Labute approximate surface area is 159 Å². The van der Waals surface area contributed by atoms with E-state index in [1.165, 1.54) is 12.3 Å². The highest BCUT2D eigenvalue weighted by Crippen LogP contribution is 2.21. The quantitative estimate of drug-likeness (QED) is 0.704. The molecule has 3 heterocycles. The summed E-state index contributed by atoms with van der Waals surface area (Å²) in [4.78, 5) is 29.9. The topological polar surface area (TPSA) is 102 Å². The molecule has 0 aliphatic carbocycles. The monoisotopic (exact) mass is 398 g/mol. The summed E-state index contributed by atoms with van der Waals surface area (Å²) in [6.07, 6.45) is 3.38. The van der Waals surface area contributed by atoms with Gasteiger partial charge in [0.05, 0.1) is 41.1 Å². The Morgan fingerprint density at radius 1 is 1.35 bits per heavy atom. The number of imide groups is 1. The van der Waals surface area contributed by atoms with Crippen molar-refractivity contribution in [3.63, 3.8) is 0 Å². The highest BCUT2D eigenvalue weighted by Gasteiger charge is 2.38. The second kappa shape index (κ2) is 7.98. The second-order valence-corrected chi connectivity index (χ2v) is 6.52. The minimum absolute atomic E-state index is 0.0301. The van der Waals surface area contributed by atoms with Gasteiger partial charge in [-0.05, 0) is 6.07 Å². The number of hydrogen-bond acceptors (Lipinski definition) is 6. The van der Waals surface area contributed by atoms with Gasteiger partial charge in [-0.15, -0.1) is 5.10 Å². The van der Waals surface area contributed by atoms with Gasteiger partial charge in [0.1, 0.15) is 6.04 Å². The molecule has 3 amide bonds. The smallest absolute Gasteiger partial charge is 0.325 e. The lowest BCUT2D eigenvalue weighted by molar-refractivity contribution is -0.127. The number of pyridine rings is 1. The van der Waals surface area contributed by atoms with Crippen LogP contribution in [0.1, 0.15) is 11.4 Å². The zero-order valence-corrected chi connectivity index (χ0v) is 15.4. The third-order valence-electron chi connectivity index (χ3n) is 3.82. The van der Waals surface area contributed by atoms with Gasteiger partial charge in [-0.2, -0.15) is 0 Å². The molecule has 1 aliphatic rings. The van der Waals surface area contributed by atoms with E-state index in [9.17, 15) is 9.59 Å². The number of carbonyl (C=O) groups excluding carboxylic acids is 2. The fourth-order valence-electron chi connectivity index (χ4n) is 2.51. The number of aromatic nitrogens is 4. The van der Waals surface area contributed by atoms with E-state index in [-0.39, 0.29) is 18.9 Å². The molecule has 138 valence electrons. The standard InChI is InChI=1S/C15H16Cl2N6O3/c1-26-3-2-22-7-10(20-21-22)5-12-14(24)23(15(25)19-12)8-13-11(17)4-9(16)6-18-13/h4,6-7,12H,2-3,5,8H2,1H3,(H,19,25)/t12-/m0/s1. The molecule has 3 rings (SSSR count). The Hall–Kier alpha value is -2.23. The van der Waals surface area contributed by atoms with Crippen molar-refractivity contribution >= 4 is 35.1 Å². The fraction of sp³-hybridized carbons (Fsp3) is 0.400. The minimum Gasteiger partial charge on any atom is -0.383 e. The Morgan fingerprint density at radius 3 is 2.88 bits per heavy atom. The van der Waals surface area contributed by atoms with E-state index in [2.05, 4.69) is 20.6 Å². The van der Waals surface area contributed by atoms with Crippen LogP contribution >= 0.6 is 23.2 Å². The van der Waals surface area contributed by atoms with Crippen LogP contribution in [0.4, 0.5) is 4.79 Å². The van der Waals surface area contributed by atoms with Gasteiger partial charge in [0, 0.05) is 25.9 Å². The number of ether oxygens (including phenoxy) is 1. The predicted molar refractivity (Wildman–Crippen MR) is 92.7 cm³/mol. The summed E-state index contributed by atoms with van der Waals surface area (Å²) in [6.45, 7) is 1.03. The maximum absolute atomic E-state index is 12.6. The molecule has 0 saturated carbocycles. The lowest BCUT2D eigenvalue weighted by Gasteiger charge is -2.13. The number of carbonyl (C=O) groups is 2. The predicted octanol–water partition coefficient (Wildman–Crippen LogP) is 1.29. The molecule has 0 spiro atoms. The summed E-state index contributed by atoms with van der Waals surface area (Å²) < 4.78 is 6.60. The first-order chi connectivity index (χ1) is 12.5. The average molecular weight is 399 g/mol. The minimum atomic E-state index is -0.707. The molecule has 2 aromatic heterocycles. The van der Waals surface area contributed by atoms with Gasteiger partial charge in [0.25, 0.3) is 5.91 Å². The largest absolute Gasteiger partial charge is 0.383 e. The number of rotatable bonds is 7. The molecule has 1 fully saturated rings. The van der Waals surface area contributed by atoms with E-state index in [0.29, 0.717) is 34.6 Å². The number of nitrogens with one attached hydrogen (secondary N) is 1. The highest BCUT2D eigenvalue weighted by atomic mass is 35.5. The average Bonchev–Trinajstić information content (AvgIpc) is 3.15. The summed E-state index contributed by atoms with van der Waals surface area (Å²) in [6, 6.07) is 0.306. The van der Waals surface area contributed by atoms with Gasteiger partial charge in [-0.1, -0.05) is 28.4 Å². The number of urea groups is 1. The number of amides is 3. The van der Waals surface area contributed by atoms with Gasteiger partial charge in [0.2, 0.25) is 0 Å². The Kier molecular flexibility index (Phi) is 5.70. The van der Waals surface area contributed by atoms with Crippen LogP contribution in [0.3, 0.4) is 0 Å². The molecular formula is C15H16Cl2N6O3. The van der Waals surface area contributed by atoms with E-state index in [1.54, 1.807) is 18.0 Å². The summed E-state index contributed by atoms with van der Waals surface area (Å²) in [7, 11) is 1.60. The fourth-order valence-corrected chi connectivity index (χ4v) is 2.95. The molecular weight excluding hydrogens is 383 g/mol. The molecule has 1 N–H and O–H groups in total. The highest BCUT2D eigenvalue weighted by molar-refractivity contribution is 6.34. The SMILES string of the molecule is COCCn1cc(C[C@@H]2NC(=O)N(Cc3ncc(Cl)cc3Cl)C2=O)nn1. The lowest BCUT2D eigenvalue weighted by atomic mass is 10.1. The Morgan fingerprint density at radius 2 is 2.15 bits per heavy atom. The van der Waals surface area contributed by atoms with E-state index >= 15 is 0 Å². The summed E-state index contributed by atoms with van der Waals surface area (Å²) in [5.41, 5.74) is 0.995. The van der Waals surface area contributed by atoms with Crippen LogP contribution in [0.2, 0.25) is 10.0 Å². The van der Waals surface area contributed by atoms with Crippen LogP contribution in [0.25, 0.3) is 0 Å². The molecule has 26 heavy (non-hydrogen) atoms. The molecule has 2 aromatic rings. The summed E-state index contributed by atoms with van der Waals surface area (Å²) in [5.74, 6) is -0.366. The van der Waals surface area contributed by atoms with Gasteiger partial charge in [0.15, 0.2) is 0 Å². The van der Waals surface area contributed by atoms with Gasteiger partial charge in [-0.25, -0.2) is 9.48 Å². The van der Waals surface area contributed by atoms with Crippen molar-refractivity contribution in [3.05, 3.63) is 39.9 Å². The van der Waals surface area contributed by atoms with E-state index < -0.39 is 12.1 Å². The van der Waals surface area contributed by atoms with Crippen molar-refractivity contribution < 1.29 is 14.3 Å². The zero-order chi connectivity index (χ0) is 18.7. The van der Waals surface area contributed by atoms with E-state index in [1.807, 2.05) is 0 Å². The Balaban J connectivity index is 1.65. The number of methoxy groups -OCH3 is 1. The van der Waals surface area contributed by atoms with Crippen LogP contribution in [-0.4, -0.2) is 56.6 Å². The molecule has 0 radical (unpaired) electrons. The van der Waals surface area contributed by atoms with Gasteiger partial charge in [-0.3, -0.25) is 14.7 Å². The Bertz CT molecular complexity index is 827. The van der Waals surface area contributed by atoms with Crippen LogP contribution < -0.4 is 5.32 Å². The van der Waals surface area contributed by atoms with Gasteiger partial charge >= 0.3 is 6.03 Å². The van der Waals surface area contributed by atoms with E-state index in [4.69, 9.17) is 27.9 Å².